The van der Waals surface area contributed by atoms with Crippen molar-refractivity contribution in [2.75, 3.05) is 39.8 Å². The van der Waals surface area contributed by atoms with Crippen molar-refractivity contribution in [1.29, 1.82) is 0 Å². The predicted molar refractivity (Wildman–Crippen MR) is 134 cm³/mol. The highest BCUT2D eigenvalue weighted by molar-refractivity contribution is 14.0. The molecule has 0 saturated carbocycles. The van der Waals surface area contributed by atoms with Gasteiger partial charge in [0.2, 0.25) is 0 Å². The number of benzene rings is 1. The van der Waals surface area contributed by atoms with E-state index in [9.17, 15) is 0 Å². The van der Waals surface area contributed by atoms with E-state index >= 15 is 0 Å². The topological polar surface area (TPSA) is 53.0 Å². The number of nitrogens with zero attached hydrogens (tertiary/aromatic N) is 4. The standard InChI is InChI=1S/C22H31N5OS.HI/c1-3-18-13-25-21(29-18)9-10-24-22(23-2)27-15-19-20(16-27)28-12-11-26(19)14-17-7-5-4-6-8-17;/h4-8,13,19-20H,3,9-12,14-16H2,1-2H3,(H,23,24);1H. The number of morpholine rings is 1. The Morgan fingerprint density at radius 1 is 1.30 bits per heavy atom. The summed E-state index contributed by atoms with van der Waals surface area (Å²) in [4.78, 5) is 15.3. The highest BCUT2D eigenvalue weighted by Gasteiger charge is 2.41. The van der Waals surface area contributed by atoms with E-state index < -0.39 is 0 Å². The molecule has 1 aromatic carbocycles. The Labute approximate surface area is 200 Å². The molecule has 2 aromatic rings. The second-order valence-electron chi connectivity index (χ2n) is 7.64. The second kappa shape index (κ2) is 11.4. The number of aryl methyl sites for hydroxylation is 1. The van der Waals surface area contributed by atoms with E-state index in [1.54, 1.807) is 0 Å². The first kappa shape index (κ1) is 23.4. The summed E-state index contributed by atoms with van der Waals surface area (Å²) in [5.41, 5.74) is 1.36. The molecular weight excluding hydrogens is 509 g/mol. The molecule has 0 amide bonds. The van der Waals surface area contributed by atoms with Crippen molar-refractivity contribution < 1.29 is 4.74 Å². The molecule has 8 heteroatoms. The van der Waals surface area contributed by atoms with E-state index in [2.05, 4.69) is 62.3 Å². The first-order valence-electron chi connectivity index (χ1n) is 10.6. The molecule has 1 aromatic heterocycles. The Morgan fingerprint density at radius 3 is 2.87 bits per heavy atom. The van der Waals surface area contributed by atoms with E-state index in [4.69, 9.17) is 4.74 Å². The van der Waals surface area contributed by atoms with E-state index in [-0.39, 0.29) is 30.1 Å². The predicted octanol–water partition coefficient (Wildman–Crippen LogP) is 3.03. The molecule has 1 N–H and O–H groups in total. The van der Waals surface area contributed by atoms with Crippen molar-refractivity contribution in [2.24, 2.45) is 4.99 Å². The number of thiazole rings is 1. The summed E-state index contributed by atoms with van der Waals surface area (Å²) in [6, 6.07) is 11.1. The molecule has 30 heavy (non-hydrogen) atoms. The summed E-state index contributed by atoms with van der Waals surface area (Å²) in [5, 5.41) is 4.72. The number of fused-ring (bicyclic) bond motifs is 1. The molecule has 2 aliphatic heterocycles. The number of hydrogen-bond donors (Lipinski definition) is 1. The minimum absolute atomic E-state index is 0. The molecule has 164 valence electrons. The molecular formula is C22H32IN5OS. The Balaban J connectivity index is 0.00000256. The Morgan fingerprint density at radius 2 is 2.13 bits per heavy atom. The van der Waals surface area contributed by atoms with Gasteiger partial charge in [-0.05, 0) is 12.0 Å². The lowest BCUT2D eigenvalue weighted by Crippen LogP contribution is -2.50. The summed E-state index contributed by atoms with van der Waals surface area (Å²) in [6.07, 6.45) is 4.24. The summed E-state index contributed by atoms with van der Waals surface area (Å²) in [5.74, 6) is 0.968. The van der Waals surface area contributed by atoms with Gasteiger partial charge >= 0.3 is 0 Å². The first-order chi connectivity index (χ1) is 14.3. The van der Waals surface area contributed by atoms with Crippen LogP contribution >= 0.6 is 35.3 Å². The van der Waals surface area contributed by atoms with Crippen LogP contribution in [0.25, 0.3) is 0 Å². The normalized spacial score (nSPS) is 21.9. The molecule has 2 unspecified atom stereocenters. The van der Waals surface area contributed by atoms with Gasteiger partial charge in [-0.15, -0.1) is 35.3 Å². The zero-order valence-corrected chi connectivity index (χ0v) is 20.9. The third-order valence-corrected chi connectivity index (χ3v) is 6.93. The summed E-state index contributed by atoms with van der Waals surface area (Å²) in [7, 11) is 1.87. The van der Waals surface area contributed by atoms with Gasteiger partial charge in [-0.2, -0.15) is 0 Å². The van der Waals surface area contributed by atoms with Crippen LogP contribution in [0.2, 0.25) is 0 Å². The summed E-state index contributed by atoms with van der Waals surface area (Å²) < 4.78 is 6.11. The van der Waals surface area contributed by atoms with Crippen LogP contribution in [0.4, 0.5) is 0 Å². The maximum Gasteiger partial charge on any atom is 0.193 e. The van der Waals surface area contributed by atoms with Crippen molar-refractivity contribution in [3.8, 4) is 0 Å². The molecule has 0 radical (unpaired) electrons. The third kappa shape index (κ3) is 5.72. The van der Waals surface area contributed by atoms with Gasteiger partial charge in [-0.3, -0.25) is 9.89 Å². The number of nitrogens with one attached hydrogen (secondary N) is 1. The van der Waals surface area contributed by atoms with Crippen LogP contribution in [0, 0.1) is 0 Å². The first-order valence-corrected chi connectivity index (χ1v) is 11.4. The van der Waals surface area contributed by atoms with Crippen LogP contribution < -0.4 is 5.32 Å². The molecule has 2 atom stereocenters. The van der Waals surface area contributed by atoms with Gasteiger partial charge < -0.3 is 15.0 Å². The molecule has 0 aliphatic carbocycles. The quantitative estimate of drug-likeness (QED) is 0.346. The highest BCUT2D eigenvalue weighted by Crippen LogP contribution is 2.24. The number of halogens is 1. The SMILES string of the molecule is CCc1cnc(CCNC(=NC)N2CC3OCCN(Cc4ccccc4)C3C2)s1.I. The zero-order valence-electron chi connectivity index (χ0n) is 17.8. The molecule has 2 fully saturated rings. The van der Waals surface area contributed by atoms with Crippen molar-refractivity contribution in [1.82, 2.24) is 20.1 Å². The van der Waals surface area contributed by atoms with Gasteiger partial charge in [0, 0.05) is 57.3 Å². The van der Waals surface area contributed by atoms with Gasteiger partial charge in [0.15, 0.2) is 5.96 Å². The molecule has 2 saturated heterocycles. The van der Waals surface area contributed by atoms with Gasteiger partial charge in [-0.25, -0.2) is 4.98 Å². The number of aromatic nitrogens is 1. The minimum Gasteiger partial charge on any atom is -0.373 e. The fourth-order valence-corrected chi connectivity index (χ4v) is 5.05. The van der Waals surface area contributed by atoms with Crippen LogP contribution in [0.15, 0.2) is 41.5 Å². The Bertz CT molecular complexity index is 815. The molecule has 4 rings (SSSR count). The Kier molecular flexibility index (Phi) is 8.91. The molecule has 0 bridgehead atoms. The van der Waals surface area contributed by atoms with E-state index in [1.807, 2.05) is 24.6 Å². The second-order valence-corrected chi connectivity index (χ2v) is 8.84. The average Bonchev–Trinajstić information content (AvgIpc) is 3.39. The van der Waals surface area contributed by atoms with Gasteiger partial charge in [-0.1, -0.05) is 37.3 Å². The monoisotopic (exact) mass is 541 g/mol. The molecule has 2 aliphatic rings. The van der Waals surface area contributed by atoms with Gasteiger partial charge in [0.1, 0.15) is 0 Å². The fraction of sp³-hybridized carbons (Fsp3) is 0.545. The summed E-state index contributed by atoms with van der Waals surface area (Å²) >= 11 is 1.81. The van der Waals surface area contributed by atoms with Crippen LogP contribution in [0.5, 0.6) is 0 Å². The lowest BCUT2D eigenvalue weighted by atomic mass is 10.1. The third-order valence-electron chi connectivity index (χ3n) is 5.73. The number of guanidine groups is 1. The lowest BCUT2D eigenvalue weighted by Gasteiger charge is -2.36. The van der Waals surface area contributed by atoms with Crippen molar-refractivity contribution >= 4 is 41.3 Å². The zero-order chi connectivity index (χ0) is 20.1. The van der Waals surface area contributed by atoms with E-state index in [1.165, 1.54) is 15.4 Å². The summed E-state index contributed by atoms with van der Waals surface area (Å²) in [6.45, 7) is 7.64. The number of rotatable bonds is 6. The molecule has 6 nitrogen and oxygen atoms in total. The Hall–Kier alpha value is -1.23. The van der Waals surface area contributed by atoms with Crippen molar-refractivity contribution in [3.05, 3.63) is 52.0 Å². The van der Waals surface area contributed by atoms with Crippen LogP contribution in [-0.4, -0.2) is 72.7 Å². The number of ether oxygens (including phenoxy) is 1. The van der Waals surface area contributed by atoms with Crippen LogP contribution in [0.3, 0.4) is 0 Å². The van der Waals surface area contributed by atoms with Gasteiger partial charge in [0.25, 0.3) is 0 Å². The van der Waals surface area contributed by atoms with Crippen molar-refractivity contribution in [2.45, 2.75) is 38.5 Å². The lowest BCUT2D eigenvalue weighted by molar-refractivity contribution is -0.0502. The smallest absolute Gasteiger partial charge is 0.193 e. The van der Waals surface area contributed by atoms with Gasteiger partial charge in [0.05, 0.1) is 23.8 Å². The number of likely N-dealkylation sites (tertiary alicyclic amines) is 1. The number of aliphatic imine (C=N–C) groups is 1. The maximum absolute atomic E-state index is 6.11. The average molecular weight is 542 g/mol. The maximum atomic E-state index is 6.11. The van der Waals surface area contributed by atoms with Crippen LogP contribution in [-0.2, 0) is 24.1 Å². The molecule has 0 spiro atoms. The molecule has 3 heterocycles. The van der Waals surface area contributed by atoms with E-state index in [0.717, 1.165) is 58.1 Å². The number of hydrogen-bond acceptors (Lipinski definition) is 5. The van der Waals surface area contributed by atoms with E-state index in [0.29, 0.717) is 6.04 Å². The highest BCUT2D eigenvalue weighted by atomic mass is 127. The van der Waals surface area contributed by atoms with Crippen molar-refractivity contribution in [3.63, 3.8) is 0 Å². The van der Waals surface area contributed by atoms with Crippen LogP contribution in [0.1, 0.15) is 22.4 Å². The fourth-order valence-electron chi connectivity index (χ4n) is 4.19. The minimum atomic E-state index is 0. The largest absolute Gasteiger partial charge is 0.373 e.